The maximum absolute atomic E-state index is 12.3. The van der Waals surface area contributed by atoms with Crippen LogP contribution in [0.25, 0.3) is 0 Å². The second-order valence-corrected chi connectivity index (χ2v) is 14.1. The monoisotopic (exact) mass is 652 g/mol. The van der Waals surface area contributed by atoms with Gasteiger partial charge < -0.3 is 34.2 Å². The molecule has 2 aromatic rings. The van der Waals surface area contributed by atoms with Crippen LogP contribution in [0, 0.1) is 22.7 Å². The fourth-order valence-electron chi connectivity index (χ4n) is 6.59. The first-order valence-electron chi connectivity index (χ1n) is 15.0. The Balaban J connectivity index is 0.000000184. The number of amides is 2. The third-order valence-electron chi connectivity index (χ3n) is 8.79. The van der Waals surface area contributed by atoms with Gasteiger partial charge in [-0.2, -0.15) is 10.5 Å². The number of phosphoric acid groups is 1. The van der Waals surface area contributed by atoms with Crippen molar-refractivity contribution in [2.75, 3.05) is 13.1 Å². The van der Waals surface area contributed by atoms with E-state index in [2.05, 4.69) is 6.07 Å². The first kappa shape index (κ1) is 33.4. The Morgan fingerprint density at radius 3 is 1.72 bits per heavy atom. The van der Waals surface area contributed by atoms with E-state index in [0.29, 0.717) is 60.5 Å². The van der Waals surface area contributed by atoms with Crippen LogP contribution < -0.4 is 9.47 Å². The van der Waals surface area contributed by atoms with Gasteiger partial charge in [0.25, 0.3) is 0 Å². The summed E-state index contributed by atoms with van der Waals surface area (Å²) in [6.45, 7) is 8.02. The summed E-state index contributed by atoms with van der Waals surface area (Å²) in [5.74, 6) is 1.04. The Bertz CT molecular complexity index is 1670. The van der Waals surface area contributed by atoms with Gasteiger partial charge in [-0.3, -0.25) is 14.1 Å². The van der Waals surface area contributed by atoms with E-state index in [4.69, 9.17) is 19.3 Å². The fraction of sp³-hybridized carbons (Fsp3) is 0.500. The summed E-state index contributed by atoms with van der Waals surface area (Å²) in [4.78, 5) is 46.4. The molecule has 0 spiro atoms. The van der Waals surface area contributed by atoms with Crippen LogP contribution in [-0.2, 0) is 18.7 Å². The van der Waals surface area contributed by atoms with E-state index in [1.807, 2.05) is 19.9 Å². The topological polar surface area (TPSA) is 194 Å². The van der Waals surface area contributed by atoms with Crippen LogP contribution in [0.15, 0.2) is 36.4 Å². The Labute approximate surface area is 267 Å². The van der Waals surface area contributed by atoms with Crippen molar-refractivity contribution in [2.24, 2.45) is 0 Å². The van der Waals surface area contributed by atoms with E-state index in [9.17, 15) is 34.3 Å². The number of phosphoric ester groups is 1. The summed E-state index contributed by atoms with van der Waals surface area (Å²) in [6.07, 6.45) is 0.423. The lowest BCUT2D eigenvalue weighted by Gasteiger charge is -2.47. The lowest BCUT2D eigenvalue weighted by Crippen LogP contribution is -2.54. The Hall–Kier alpha value is -3.97. The van der Waals surface area contributed by atoms with Crippen molar-refractivity contribution >= 4 is 19.6 Å². The minimum absolute atomic E-state index is 0.0464. The summed E-state index contributed by atoms with van der Waals surface area (Å²) < 4.78 is 28.3. The van der Waals surface area contributed by atoms with Crippen molar-refractivity contribution in [3.63, 3.8) is 0 Å². The van der Waals surface area contributed by atoms with E-state index in [-0.39, 0.29) is 11.8 Å². The third-order valence-corrected chi connectivity index (χ3v) is 9.29. The van der Waals surface area contributed by atoms with Gasteiger partial charge in [0.05, 0.1) is 35.3 Å². The molecule has 13 nitrogen and oxygen atoms in total. The molecule has 14 heteroatoms. The number of hydrogen-bond donors (Lipinski definition) is 3. The number of aliphatic hydroxyl groups is 1. The van der Waals surface area contributed by atoms with Crippen molar-refractivity contribution in [1.29, 1.82) is 10.5 Å². The molecule has 0 aliphatic carbocycles. The van der Waals surface area contributed by atoms with Crippen molar-refractivity contribution < 1.29 is 43.0 Å². The zero-order valence-corrected chi connectivity index (χ0v) is 26.9. The number of rotatable bonds is 4. The highest BCUT2D eigenvalue weighted by atomic mass is 31.2. The maximum atomic E-state index is 12.3. The van der Waals surface area contributed by atoms with Crippen molar-refractivity contribution in [2.45, 2.75) is 88.9 Å². The highest BCUT2D eigenvalue weighted by Crippen LogP contribution is 2.51. The number of carbonyl (C=O) groups is 2. The number of nitriles is 2. The number of nitrogens with zero attached hydrogens (tertiary/aromatic N) is 4. The minimum atomic E-state index is -4.83. The first-order chi connectivity index (χ1) is 21.6. The molecule has 244 valence electrons. The molecular weight excluding hydrogens is 615 g/mol. The molecule has 0 radical (unpaired) electrons. The summed E-state index contributed by atoms with van der Waals surface area (Å²) in [7, 11) is -4.83. The van der Waals surface area contributed by atoms with Gasteiger partial charge in [0, 0.05) is 37.1 Å². The molecular formula is C32H37N4O9P. The molecule has 4 atom stereocenters. The van der Waals surface area contributed by atoms with Crippen LogP contribution >= 0.6 is 7.82 Å². The molecule has 6 rings (SSSR count). The Kier molecular flexibility index (Phi) is 8.95. The van der Waals surface area contributed by atoms with Crippen molar-refractivity contribution in [1.82, 2.24) is 9.80 Å². The van der Waals surface area contributed by atoms with Crippen LogP contribution in [0.3, 0.4) is 0 Å². The van der Waals surface area contributed by atoms with Gasteiger partial charge in [-0.15, -0.1) is 0 Å². The predicted molar refractivity (Wildman–Crippen MR) is 162 cm³/mol. The predicted octanol–water partition coefficient (Wildman–Crippen LogP) is 3.62. The molecule has 0 bridgehead atoms. The number of aliphatic hydroxyl groups excluding tert-OH is 1. The van der Waals surface area contributed by atoms with Gasteiger partial charge in [-0.25, -0.2) is 4.57 Å². The zero-order chi connectivity index (χ0) is 33.6. The molecule has 2 aromatic carbocycles. The third kappa shape index (κ3) is 6.48. The number of ether oxygens (including phenoxy) is 2. The van der Waals surface area contributed by atoms with Gasteiger partial charge >= 0.3 is 7.82 Å². The standard InChI is InChI=1S/C16H19N2O6P.C16H18N2O3/c1-16(2)15(24-25(20,21)22)14(18-7-3-4-13(18)19)11-8-10(9-17)5-6-12(11)23-16;1-16(2)15(20)14(18-7-3-4-13(18)19)11-8-10(9-17)5-6-12(11)21-16/h5-6,8,14-15H,3-4,7H2,1-2H3,(H2,20,21,22);5-6,8,14-15,20H,3-4,7H2,1-2H3/t2*14-,15+/m11/s1. The molecule has 4 heterocycles. The summed E-state index contributed by atoms with van der Waals surface area (Å²) >= 11 is 0. The lowest BCUT2D eigenvalue weighted by atomic mass is 9.85. The molecule has 3 N–H and O–H groups in total. The molecule has 4 aliphatic heterocycles. The molecule has 0 unspecified atom stereocenters. The Morgan fingerprint density at radius 2 is 1.28 bits per heavy atom. The molecule has 0 saturated carbocycles. The quantitative estimate of drug-likeness (QED) is 0.409. The first-order valence-corrected chi connectivity index (χ1v) is 16.6. The second-order valence-electron chi connectivity index (χ2n) is 12.9. The van der Waals surface area contributed by atoms with Gasteiger partial charge in [0.1, 0.15) is 34.9 Å². The number of benzene rings is 2. The molecule has 46 heavy (non-hydrogen) atoms. The van der Waals surface area contributed by atoms with Crippen LogP contribution in [0.2, 0.25) is 0 Å². The SMILES string of the molecule is CC1(C)Oc2ccc(C#N)cc2[C@@H](N2CCCC2=O)[C@@H]1O.CC1(C)Oc2ccc(C#N)cc2[C@@H](N2CCCC2=O)[C@@H]1OP(=O)(O)O. The van der Waals surface area contributed by atoms with Crippen LogP contribution in [0.4, 0.5) is 0 Å². The number of likely N-dealkylation sites (tertiary alicyclic amines) is 2. The largest absolute Gasteiger partial charge is 0.485 e. The average molecular weight is 653 g/mol. The highest BCUT2D eigenvalue weighted by Gasteiger charge is 2.52. The number of fused-ring (bicyclic) bond motifs is 2. The van der Waals surface area contributed by atoms with Gasteiger partial charge in [0.2, 0.25) is 11.8 Å². The number of hydrogen-bond acceptors (Lipinski definition) is 9. The van der Waals surface area contributed by atoms with Gasteiger partial charge in [0.15, 0.2) is 0 Å². The lowest BCUT2D eigenvalue weighted by molar-refractivity contribution is -0.140. The molecule has 2 fully saturated rings. The van der Waals surface area contributed by atoms with E-state index in [0.717, 1.165) is 12.0 Å². The Morgan fingerprint density at radius 1 is 0.826 bits per heavy atom. The average Bonchev–Trinajstić information content (AvgIpc) is 3.60. The summed E-state index contributed by atoms with van der Waals surface area (Å²) in [5, 5.41) is 28.9. The van der Waals surface area contributed by atoms with Crippen molar-refractivity contribution in [3.05, 3.63) is 58.7 Å². The second kappa shape index (κ2) is 12.3. The molecule has 0 aromatic heterocycles. The highest BCUT2D eigenvalue weighted by molar-refractivity contribution is 7.46. The van der Waals surface area contributed by atoms with Gasteiger partial charge in [-0.05, 0) is 76.9 Å². The fourth-order valence-corrected chi connectivity index (χ4v) is 7.26. The molecule has 2 saturated heterocycles. The minimum Gasteiger partial charge on any atom is -0.485 e. The summed E-state index contributed by atoms with van der Waals surface area (Å²) in [5.41, 5.74) is 0.238. The van der Waals surface area contributed by atoms with E-state index in [1.54, 1.807) is 60.0 Å². The zero-order valence-electron chi connectivity index (χ0n) is 26.0. The van der Waals surface area contributed by atoms with Crippen LogP contribution in [0.5, 0.6) is 11.5 Å². The normalized spacial score (nSPS) is 26.0. The van der Waals surface area contributed by atoms with Crippen molar-refractivity contribution in [3.8, 4) is 23.6 Å². The van der Waals surface area contributed by atoms with E-state index >= 15 is 0 Å². The van der Waals surface area contributed by atoms with Crippen LogP contribution in [-0.4, -0.2) is 73.0 Å². The molecule has 2 amide bonds. The maximum Gasteiger partial charge on any atom is 0.470 e. The van der Waals surface area contributed by atoms with Crippen LogP contribution in [0.1, 0.15) is 87.7 Å². The van der Waals surface area contributed by atoms with E-state index < -0.39 is 43.3 Å². The molecule has 4 aliphatic rings. The number of carbonyl (C=O) groups excluding carboxylic acids is 2. The van der Waals surface area contributed by atoms with Gasteiger partial charge in [-0.1, -0.05) is 0 Å². The smallest absolute Gasteiger partial charge is 0.470 e. The summed E-state index contributed by atoms with van der Waals surface area (Å²) in [6, 6.07) is 12.9. The van der Waals surface area contributed by atoms with E-state index in [1.165, 1.54) is 0 Å².